The molecule has 0 aliphatic rings. The van der Waals surface area contributed by atoms with Gasteiger partial charge in [-0.15, -0.1) is 0 Å². The number of nitrogens with two attached hydrogens (primary N) is 1. The van der Waals surface area contributed by atoms with Gasteiger partial charge in [0.05, 0.1) is 12.5 Å². The van der Waals surface area contributed by atoms with Crippen LogP contribution < -0.4 is 10.5 Å². The van der Waals surface area contributed by atoms with E-state index in [1.807, 2.05) is 0 Å². The Labute approximate surface area is 113 Å². The molecule has 2 aromatic rings. The number of hydrogen-bond donors (Lipinski definition) is 2. The number of rotatable bonds is 2. The monoisotopic (exact) mass is 288 g/mol. The molecule has 0 saturated heterocycles. The maximum Gasteiger partial charge on any atom is 0.433 e. The summed E-state index contributed by atoms with van der Waals surface area (Å²) in [6.07, 6.45) is -4.50. The molecule has 0 spiro atoms. The van der Waals surface area contributed by atoms with Crippen molar-refractivity contribution in [2.45, 2.75) is 11.6 Å². The van der Waals surface area contributed by atoms with Crippen molar-refractivity contribution in [3.05, 3.63) is 35.5 Å². The van der Waals surface area contributed by atoms with Gasteiger partial charge in [0.2, 0.25) is 0 Å². The number of halogens is 3. The first kappa shape index (κ1) is 14.0. The Balaban J connectivity index is 2.76. The zero-order valence-corrected chi connectivity index (χ0v) is 10.8. The van der Waals surface area contributed by atoms with Crippen LogP contribution in [0.3, 0.4) is 0 Å². The summed E-state index contributed by atoms with van der Waals surface area (Å²) < 4.78 is 43.0. The number of ether oxygens (including phenoxy) is 1. The molecular weight excluding hydrogens is 277 g/mol. The van der Waals surface area contributed by atoms with Gasteiger partial charge in [-0.05, 0) is 17.7 Å². The first-order valence-corrected chi connectivity index (χ1v) is 5.84. The molecule has 3 nitrogen and oxygen atoms in total. The Bertz CT molecular complexity index is 614. The van der Waals surface area contributed by atoms with Gasteiger partial charge in [0.25, 0.3) is 0 Å². The van der Waals surface area contributed by atoms with Gasteiger partial charge in [-0.1, -0.05) is 12.1 Å². The molecule has 1 aromatic heterocycles. The average molecular weight is 288 g/mol. The lowest BCUT2D eigenvalue weighted by Crippen LogP contribution is -2.09. The van der Waals surface area contributed by atoms with E-state index in [1.54, 1.807) is 6.07 Å². The fourth-order valence-corrected chi connectivity index (χ4v) is 2.02. The van der Waals surface area contributed by atoms with Gasteiger partial charge in [0.15, 0.2) is 0 Å². The van der Waals surface area contributed by atoms with Gasteiger partial charge in [0.1, 0.15) is 17.0 Å². The van der Waals surface area contributed by atoms with Crippen molar-refractivity contribution in [1.82, 2.24) is 4.98 Å². The predicted octanol–water partition coefficient (Wildman–Crippen LogP) is 3.15. The molecule has 1 unspecified atom stereocenters. The fourth-order valence-electron chi connectivity index (χ4n) is 1.79. The lowest BCUT2D eigenvalue weighted by atomic mass is 10.1. The van der Waals surface area contributed by atoms with Gasteiger partial charge in [-0.3, -0.25) is 0 Å². The Kier molecular flexibility index (Phi) is 3.60. The number of pyridine rings is 1. The lowest BCUT2D eigenvalue weighted by molar-refractivity contribution is -0.140. The van der Waals surface area contributed by atoms with E-state index in [0.717, 1.165) is 6.07 Å². The maximum absolute atomic E-state index is 12.7. The minimum absolute atomic E-state index is 0.124. The van der Waals surface area contributed by atoms with Crippen molar-refractivity contribution in [3.8, 4) is 5.75 Å². The molecule has 2 N–H and O–H groups in total. The van der Waals surface area contributed by atoms with E-state index in [-0.39, 0.29) is 11.3 Å². The highest BCUT2D eigenvalue weighted by molar-refractivity contribution is 7.80. The third-order valence-corrected chi connectivity index (χ3v) is 2.96. The van der Waals surface area contributed by atoms with Crippen LogP contribution in [-0.4, -0.2) is 12.1 Å². The Morgan fingerprint density at radius 1 is 1.26 bits per heavy atom. The molecule has 1 atom stereocenters. The van der Waals surface area contributed by atoms with Crippen molar-refractivity contribution < 1.29 is 17.9 Å². The molecule has 0 aliphatic carbocycles. The summed E-state index contributed by atoms with van der Waals surface area (Å²) >= 11 is 4.10. The van der Waals surface area contributed by atoms with Crippen LogP contribution in [0.15, 0.2) is 24.3 Å². The Morgan fingerprint density at radius 3 is 2.47 bits per heavy atom. The van der Waals surface area contributed by atoms with Gasteiger partial charge in [0, 0.05) is 5.39 Å². The largest absolute Gasteiger partial charge is 0.494 e. The maximum atomic E-state index is 12.7. The molecule has 2 rings (SSSR count). The molecule has 102 valence electrons. The molecule has 0 aliphatic heterocycles. The third-order valence-electron chi connectivity index (χ3n) is 2.68. The Hall–Kier alpha value is -1.47. The van der Waals surface area contributed by atoms with Crippen LogP contribution in [0, 0.1) is 0 Å². The summed E-state index contributed by atoms with van der Waals surface area (Å²) in [7, 11) is 1.37. The summed E-state index contributed by atoms with van der Waals surface area (Å²) in [6, 6.07) is 5.44. The van der Waals surface area contributed by atoms with E-state index < -0.39 is 17.2 Å². The molecule has 19 heavy (non-hydrogen) atoms. The number of aromatic nitrogens is 1. The lowest BCUT2D eigenvalue weighted by Gasteiger charge is -2.13. The number of thiol groups is 1. The van der Waals surface area contributed by atoms with Crippen molar-refractivity contribution in [2.75, 3.05) is 7.11 Å². The number of nitrogens with zero attached hydrogens (tertiary/aromatic N) is 1. The van der Waals surface area contributed by atoms with Crippen molar-refractivity contribution in [3.63, 3.8) is 0 Å². The number of benzene rings is 1. The van der Waals surface area contributed by atoms with Gasteiger partial charge in [-0.2, -0.15) is 25.8 Å². The number of hydrogen-bond acceptors (Lipinski definition) is 4. The van der Waals surface area contributed by atoms with E-state index in [9.17, 15) is 13.2 Å². The van der Waals surface area contributed by atoms with Gasteiger partial charge < -0.3 is 10.5 Å². The second-order valence-corrected chi connectivity index (χ2v) is 4.45. The molecule has 1 heterocycles. The number of methoxy groups -OCH3 is 1. The summed E-state index contributed by atoms with van der Waals surface area (Å²) in [6.45, 7) is 0. The number of fused-ring (bicyclic) bond motifs is 1. The SMILES string of the molecule is COc1ccc(C(N)S)c2ccc(C(F)(F)F)nc12. The summed E-state index contributed by atoms with van der Waals surface area (Å²) in [5, 5.41) is -0.109. The normalized spacial score (nSPS) is 13.6. The Morgan fingerprint density at radius 2 is 1.95 bits per heavy atom. The van der Waals surface area contributed by atoms with Crippen molar-refractivity contribution in [1.29, 1.82) is 0 Å². The molecule has 0 saturated carbocycles. The van der Waals surface area contributed by atoms with Crippen LogP contribution >= 0.6 is 12.6 Å². The highest BCUT2D eigenvalue weighted by Crippen LogP contribution is 2.34. The molecule has 7 heteroatoms. The minimum Gasteiger partial charge on any atom is -0.494 e. The minimum atomic E-state index is -4.50. The first-order chi connectivity index (χ1) is 8.84. The van der Waals surface area contributed by atoms with Crippen molar-refractivity contribution in [2.24, 2.45) is 5.73 Å². The van der Waals surface area contributed by atoms with Gasteiger partial charge >= 0.3 is 6.18 Å². The number of alkyl halides is 3. The fraction of sp³-hybridized carbons (Fsp3) is 0.250. The average Bonchev–Trinajstić information content (AvgIpc) is 2.35. The van der Waals surface area contributed by atoms with Crippen LogP contribution in [0.4, 0.5) is 13.2 Å². The molecular formula is C12H11F3N2OS. The van der Waals surface area contributed by atoms with E-state index in [1.165, 1.54) is 19.2 Å². The first-order valence-electron chi connectivity index (χ1n) is 5.33. The second-order valence-electron chi connectivity index (χ2n) is 3.89. The molecule has 0 radical (unpaired) electrons. The quantitative estimate of drug-likeness (QED) is 0.659. The second kappa shape index (κ2) is 4.90. The van der Waals surface area contributed by atoms with Crippen molar-refractivity contribution >= 4 is 23.5 Å². The van der Waals surface area contributed by atoms with Crippen LogP contribution in [0.2, 0.25) is 0 Å². The highest BCUT2D eigenvalue weighted by atomic mass is 32.1. The van der Waals surface area contributed by atoms with E-state index in [2.05, 4.69) is 17.6 Å². The van der Waals surface area contributed by atoms with Gasteiger partial charge in [-0.25, -0.2) is 4.98 Å². The highest BCUT2D eigenvalue weighted by Gasteiger charge is 2.33. The summed E-state index contributed by atoms with van der Waals surface area (Å²) in [4.78, 5) is 3.62. The molecule has 0 amide bonds. The van der Waals surface area contributed by atoms with E-state index in [4.69, 9.17) is 10.5 Å². The van der Waals surface area contributed by atoms with Crippen LogP contribution in [-0.2, 0) is 6.18 Å². The van der Waals surface area contributed by atoms with E-state index in [0.29, 0.717) is 10.9 Å². The molecule has 0 bridgehead atoms. The topological polar surface area (TPSA) is 48.1 Å². The molecule has 1 aromatic carbocycles. The zero-order chi connectivity index (χ0) is 14.2. The third kappa shape index (κ3) is 2.62. The standard InChI is InChI=1S/C12H11F3N2OS/c1-18-8-4-2-7(11(16)19)6-3-5-9(12(13,14)15)17-10(6)8/h2-5,11,19H,16H2,1H3. The summed E-state index contributed by atoms with van der Waals surface area (Å²) in [5.74, 6) is 0.263. The zero-order valence-electron chi connectivity index (χ0n) is 9.90. The predicted molar refractivity (Wildman–Crippen MR) is 69.2 cm³/mol. The summed E-state index contributed by atoms with van der Waals surface area (Å²) in [5.41, 5.74) is 5.42. The van der Waals surface area contributed by atoms with E-state index >= 15 is 0 Å². The van der Waals surface area contributed by atoms with Crippen LogP contribution in [0.25, 0.3) is 10.9 Å². The molecule has 0 fully saturated rings. The smallest absolute Gasteiger partial charge is 0.433 e. The van der Waals surface area contributed by atoms with Crippen LogP contribution in [0.5, 0.6) is 5.75 Å². The van der Waals surface area contributed by atoms with Crippen LogP contribution in [0.1, 0.15) is 16.6 Å².